The number of benzene rings is 1. The van der Waals surface area contributed by atoms with Gasteiger partial charge in [0.25, 0.3) is 0 Å². The summed E-state index contributed by atoms with van der Waals surface area (Å²) in [7, 11) is 3.67. The molecular weight excluding hydrogens is 444 g/mol. The molecule has 0 amide bonds. The van der Waals surface area contributed by atoms with Crippen molar-refractivity contribution in [3.05, 3.63) is 37.1 Å². The molecular formula is C13H12N7Os-3. The molecule has 2 heterocycles. The zero-order chi connectivity index (χ0) is 14.1. The van der Waals surface area contributed by atoms with Gasteiger partial charge in [-0.2, -0.15) is 5.26 Å². The Morgan fingerprint density at radius 2 is 1.52 bits per heavy atom. The molecule has 110 valence electrons. The van der Waals surface area contributed by atoms with Gasteiger partial charge in [0, 0.05) is 19.8 Å². The SMILES string of the molecule is CN1[CH-]N(c2[c-]c(N3C=NN(C)[CH-]3)cc(C#N)c2)C=N1.[Os]. The summed E-state index contributed by atoms with van der Waals surface area (Å²) < 4.78 is 0. The largest absolute Gasteiger partial charge is 0.483 e. The van der Waals surface area contributed by atoms with E-state index in [0.29, 0.717) is 5.56 Å². The van der Waals surface area contributed by atoms with Crippen molar-refractivity contribution in [2.75, 3.05) is 23.9 Å². The van der Waals surface area contributed by atoms with Crippen molar-refractivity contribution >= 4 is 24.1 Å². The minimum atomic E-state index is 0. The smallest absolute Gasteiger partial charge is 0.0829 e. The van der Waals surface area contributed by atoms with Gasteiger partial charge in [-0.05, 0) is 14.1 Å². The first kappa shape index (κ1) is 15.3. The van der Waals surface area contributed by atoms with Gasteiger partial charge < -0.3 is 19.8 Å². The van der Waals surface area contributed by atoms with Crippen LogP contribution in [0.3, 0.4) is 0 Å². The minimum Gasteiger partial charge on any atom is -0.483 e. The molecule has 0 radical (unpaired) electrons. The molecule has 0 fully saturated rings. The minimum absolute atomic E-state index is 0. The third-order valence-electron chi connectivity index (χ3n) is 2.83. The molecule has 0 atom stereocenters. The summed E-state index contributed by atoms with van der Waals surface area (Å²) in [6.45, 7) is 3.62. The first-order chi connectivity index (χ1) is 9.65. The Morgan fingerprint density at radius 1 is 1.05 bits per heavy atom. The van der Waals surface area contributed by atoms with Crippen LogP contribution in [0.25, 0.3) is 0 Å². The molecule has 1 aromatic carbocycles. The number of anilines is 2. The van der Waals surface area contributed by atoms with Gasteiger partial charge in [-0.3, -0.25) is 0 Å². The second-order valence-corrected chi connectivity index (χ2v) is 4.41. The van der Waals surface area contributed by atoms with Gasteiger partial charge in [0.2, 0.25) is 0 Å². The van der Waals surface area contributed by atoms with Crippen molar-refractivity contribution in [2.24, 2.45) is 10.2 Å². The molecule has 0 N–H and O–H groups in total. The fraction of sp³-hybridized carbons (Fsp3) is 0.154. The van der Waals surface area contributed by atoms with Gasteiger partial charge in [-0.15, -0.1) is 42.9 Å². The first-order valence-electron chi connectivity index (χ1n) is 5.94. The maximum Gasteiger partial charge on any atom is 0.0829 e. The Bertz CT molecular complexity index is 577. The van der Waals surface area contributed by atoms with Crippen molar-refractivity contribution < 1.29 is 19.8 Å². The van der Waals surface area contributed by atoms with Crippen LogP contribution in [0.4, 0.5) is 11.4 Å². The van der Waals surface area contributed by atoms with E-state index in [1.165, 1.54) is 0 Å². The number of hydrogen-bond acceptors (Lipinski definition) is 7. The summed E-state index contributed by atoms with van der Waals surface area (Å²) in [6.07, 6.45) is 3.34. The number of nitrogens with zero attached hydrogens (tertiary/aromatic N) is 7. The fourth-order valence-electron chi connectivity index (χ4n) is 1.88. The molecule has 21 heavy (non-hydrogen) atoms. The molecule has 2 aliphatic heterocycles. The summed E-state index contributed by atoms with van der Waals surface area (Å²) in [4.78, 5) is 3.61. The van der Waals surface area contributed by atoms with Gasteiger partial charge in [-0.1, -0.05) is 5.56 Å². The molecule has 3 rings (SSSR count). The monoisotopic (exact) mass is 458 g/mol. The zero-order valence-electron chi connectivity index (χ0n) is 11.4. The topological polar surface area (TPSA) is 61.5 Å². The van der Waals surface area contributed by atoms with Crippen molar-refractivity contribution in [3.63, 3.8) is 0 Å². The zero-order valence-corrected chi connectivity index (χ0v) is 14.0. The van der Waals surface area contributed by atoms with Gasteiger partial charge in [0.05, 0.1) is 18.7 Å². The van der Waals surface area contributed by atoms with Crippen LogP contribution >= 0.6 is 0 Å². The molecule has 0 saturated carbocycles. The number of rotatable bonds is 2. The average Bonchev–Trinajstić information content (AvgIpc) is 3.07. The van der Waals surface area contributed by atoms with Crippen LogP contribution in [-0.4, -0.2) is 36.8 Å². The predicted molar refractivity (Wildman–Crippen MR) is 76.1 cm³/mol. The number of hydrogen-bond donors (Lipinski definition) is 0. The van der Waals surface area contributed by atoms with E-state index in [-0.39, 0.29) is 19.8 Å². The second kappa shape index (κ2) is 6.11. The molecule has 0 aromatic heterocycles. The molecule has 8 heteroatoms. The van der Waals surface area contributed by atoms with E-state index >= 15 is 0 Å². The van der Waals surface area contributed by atoms with Crippen molar-refractivity contribution in [2.45, 2.75) is 0 Å². The van der Waals surface area contributed by atoms with Gasteiger partial charge >= 0.3 is 0 Å². The summed E-state index contributed by atoms with van der Waals surface area (Å²) in [5.74, 6) is 0. The average molecular weight is 457 g/mol. The van der Waals surface area contributed by atoms with Crippen molar-refractivity contribution in [3.8, 4) is 6.07 Å². The molecule has 2 aliphatic rings. The Morgan fingerprint density at radius 3 is 1.86 bits per heavy atom. The molecule has 0 bridgehead atoms. The molecule has 0 saturated heterocycles. The normalized spacial score (nSPS) is 16.4. The van der Waals surface area contributed by atoms with Crippen LogP contribution < -0.4 is 9.80 Å². The van der Waals surface area contributed by atoms with E-state index in [4.69, 9.17) is 5.26 Å². The van der Waals surface area contributed by atoms with Crippen LogP contribution in [-0.2, 0) is 19.8 Å². The first-order valence-corrected chi connectivity index (χ1v) is 5.94. The van der Waals surface area contributed by atoms with Crippen molar-refractivity contribution in [1.82, 2.24) is 10.0 Å². The van der Waals surface area contributed by atoms with E-state index in [1.807, 2.05) is 27.4 Å². The van der Waals surface area contributed by atoms with E-state index in [9.17, 15) is 0 Å². The van der Waals surface area contributed by atoms with Crippen LogP contribution in [0.2, 0.25) is 0 Å². The maximum absolute atomic E-state index is 9.17. The molecule has 0 aliphatic carbocycles. The predicted octanol–water partition coefficient (Wildman–Crippen LogP) is 0.985. The summed E-state index contributed by atoms with van der Waals surface area (Å²) in [6, 6.07) is 8.94. The van der Waals surface area contributed by atoms with Crippen molar-refractivity contribution in [1.29, 1.82) is 5.26 Å². The van der Waals surface area contributed by atoms with Crippen LogP contribution in [0.15, 0.2) is 22.3 Å². The Hall–Kier alpha value is -2.11. The molecule has 1 aromatic rings. The standard InChI is InChI=1S/C13H12N7.Os/c1-17-9-19(7-15-17)12-3-11(6-14)4-13(5-12)20-8-16-18(2)10-20;/h3-4,7-10H,1-2H3;/q-3;. The molecule has 0 unspecified atom stereocenters. The van der Waals surface area contributed by atoms with E-state index in [2.05, 4.69) is 22.3 Å². The van der Waals surface area contributed by atoms with E-state index < -0.39 is 0 Å². The summed E-state index contributed by atoms with van der Waals surface area (Å²) in [5, 5.41) is 20.8. The molecule has 7 nitrogen and oxygen atoms in total. The van der Waals surface area contributed by atoms with Gasteiger partial charge in [-0.25, -0.2) is 10.2 Å². The van der Waals surface area contributed by atoms with E-state index in [1.54, 1.807) is 44.6 Å². The van der Waals surface area contributed by atoms with Crippen LogP contribution in [0.5, 0.6) is 0 Å². The third-order valence-corrected chi connectivity index (χ3v) is 2.83. The van der Waals surface area contributed by atoms with Crippen LogP contribution in [0.1, 0.15) is 5.56 Å². The van der Waals surface area contributed by atoms with E-state index in [0.717, 1.165) is 11.4 Å². The molecule has 0 spiro atoms. The quantitative estimate of drug-likeness (QED) is 0.621. The Kier molecular flexibility index (Phi) is 4.45. The second-order valence-electron chi connectivity index (χ2n) is 4.41. The van der Waals surface area contributed by atoms with Crippen LogP contribution in [0, 0.1) is 30.7 Å². The third kappa shape index (κ3) is 3.14. The number of hydrazone groups is 2. The number of nitriles is 1. The maximum atomic E-state index is 9.17. The summed E-state index contributed by atoms with van der Waals surface area (Å²) >= 11 is 0. The Balaban J connectivity index is 0.00000161. The summed E-state index contributed by atoms with van der Waals surface area (Å²) in [5.41, 5.74) is 2.06. The van der Waals surface area contributed by atoms with Gasteiger partial charge in [0.15, 0.2) is 0 Å². The fourth-order valence-corrected chi connectivity index (χ4v) is 1.88. The Labute approximate surface area is 136 Å². The van der Waals surface area contributed by atoms with Gasteiger partial charge in [0.1, 0.15) is 0 Å².